The molecule has 2 amide bonds. The molecule has 0 radical (unpaired) electrons. The molecule has 0 saturated heterocycles. The lowest BCUT2D eigenvalue weighted by Crippen LogP contribution is -2.40. The molecule has 16 heavy (non-hydrogen) atoms. The third-order valence-corrected chi connectivity index (χ3v) is 1.48. The molecule has 0 saturated carbocycles. The van der Waals surface area contributed by atoms with Gasteiger partial charge in [-0.2, -0.15) is 0 Å². The van der Waals surface area contributed by atoms with Crippen molar-refractivity contribution in [1.29, 1.82) is 0 Å². The van der Waals surface area contributed by atoms with E-state index in [2.05, 4.69) is 9.47 Å². The summed E-state index contributed by atoms with van der Waals surface area (Å²) in [6, 6.07) is 0. The number of carbonyl (C=O) groups is 4. The van der Waals surface area contributed by atoms with Gasteiger partial charge in [-0.15, -0.1) is 0 Å². The molecule has 90 valence electrons. The fourth-order valence-corrected chi connectivity index (χ4v) is 0.735. The summed E-state index contributed by atoms with van der Waals surface area (Å²) in [6.07, 6.45) is 0. The van der Waals surface area contributed by atoms with E-state index in [0.717, 1.165) is 20.8 Å². The second-order valence-electron chi connectivity index (χ2n) is 2.89. The van der Waals surface area contributed by atoms with E-state index in [1.807, 2.05) is 0 Å². The Morgan fingerprint density at radius 2 is 1.44 bits per heavy atom. The minimum Gasteiger partial charge on any atom is -0.456 e. The molecule has 0 spiro atoms. The van der Waals surface area contributed by atoms with Crippen molar-refractivity contribution in [2.75, 3.05) is 13.3 Å². The standard InChI is InChI=1S/C9H13NO6/c1-6(11)10(5-16-8(3)13)9(14)4-15-7(2)12/h4-5H2,1-3H3. The molecule has 7 nitrogen and oxygen atoms in total. The second-order valence-corrected chi connectivity index (χ2v) is 2.89. The zero-order chi connectivity index (χ0) is 12.7. The largest absolute Gasteiger partial charge is 0.456 e. The molecule has 0 bridgehead atoms. The molecule has 0 aliphatic carbocycles. The normalized spacial score (nSPS) is 9.19. The van der Waals surface area contributed by atoms with Crippen LogP contribution in [0.3, 0.4) is 0 Å². The van der Waals surface area contributed by atoms with Crippen molar-refractivity contribution in [3.63, 3.8) is 0 Å². The lowest BCUT2D eigenvalue weighted by atomic mass is 10.5. The fraction of sp³-hybridized carbons (Fsp3) is 0.556. The van der Waals surface area contributed by atoms with Crippen LogP contribution in [0.4, 0.5) is 0 Å². The molecule has 0 N–H and O–H groups in total. The second kappa shape index (κ2) is 6.54. The summed E-state index contributed by atoms with van der Waals surface area (Å²) in [5, 5.41) is 0. The van der Waals surface area contributed by atoms with Gasteiger partial charge < -0.3 is 9.47 Å². The van der Waals surface area contributed by atoms with E-state index in [4.69, 9.17) is 0 Å². The Balaban J connectivity index is 4.29. The predicted molar refractivity (Wildman–Crippen MR) is 50.8 cm³/mol. The number of esters is 2. The van der Waals surface area contributed by atoms with Gasteiger partial charge in [-0.05, 0) is 0 Å². The van der Waals surface area contributed by atoms with Gasteiger partial charge in [0.05, 0.1) is 0 Å². The number of hydrogen-bond donors (Lipinski definition) is 0. The molecule has 0 aromatic rings. The van der Waals surface area contributed by atoms with E-state index >= 15 is 0 Å². The number of rotatable bonds is 4. The summed E-state index contributed by atoms with van der Waals surface area (Å²) < 4.78 is 8.92. The summed E-state index contributed by atoms with van der Waals surface area (Å²) >= 11 is 0. The Morgan fingerprint density at radius 3 is 1.81 bits per heavy atom. The van der Waals surface area contributed by atoms with Gasteiger partial charge in [0.2, 0.25) is 5.91 Å². The topological polar surface area (TPSA) is 90.0 Å². The monoisotopic (exact) mass is 231 g/mol. The first kappa shape index (κ1) is 14.1. The SMILES string of the molecule is CC(=O)OCC(=O)N(COC(C)=O)C(C)=O. The Hall–Kier alpha value is -1.92. The average Bonchev–Trinajstić information content (AvgIpc) is 2.13. The molecule has 0 aromatic carbocycles. The zero-order valence-electron chi connectivity index (χ0n) is 9.31. The van der Waals surface area contributed by atoms with Crippen molar-refractivity contribution in [3.8, 4) is 0 Å². The number of amides is 2. The molecule has 0 aromatic heterocycles. The van der Waals surface area contributed by atoms with Crippen LogP contribution in [0.15, 0.2) is 0 Å². The van der Waals surface area contributed by atoms with Gasteiger partial charge in [0.15, 0.2) is 13.3 Å². The summed E-state index contributed by atoms with van der Waals surface area (Å²) in [7, 11) is 0. The molecular formula is C9H13NO6. The minimum atomic E-state index is -0.746. The maximum Gasteiger partial charge on any atom is 0.304 e. The molecule has 7 heteroatoms. The van der Waals surface area contributed by atoms with Gasteiger partial charge in [-0.25, -0.2) is 4.90 Å². The third-order valence-electron chi connectivity index (χ3n) is 1.48. The van der Waals surface area contributed by atoms with Crippen LogP contribution in [-0.4, -0.2) is 42.0 Å². The Morgan fingerprint density at radius 1 is 0.938 bits per heavy atom. The van der Waals surface area contributed by atoms with Gasteiger partial charge >= 0.3 is 11.9 Å². The zero-order valence-corrected chi connectivity index (χ0v) is 9.31. The molecule has 0 rings (SSSR count). The summed E-state index contributed by atoms with van der Waals surface area (Å²) in [4.78, 5) is 44.0. The fourth-order valence-electron chi connectivity index (χ4n) is 0.735. The number of nitrogens with zero attached hydrogens (tertiary/aromatic N) is 1. The van der Waals surface area contributed by atoms with Crippen LogP contribution in [0, 0.1) is 0 Å². The molecular weight excluding hydrogens is 218 g/mol. The molecule has 0 aliphatic heterocycles. The number of ether oxygens (including phenoxy) is 2. The Labute approximate surface area is 92.3 Å². The summed E-state index contributed by atoms with van der Waals surface area (Å²) in [6.45, 7) is 2.38. The van der Waals surface area contributed by atoms with Crippen LogP contribution in [-0.2, 0) is 28.7 Å². The Bertz CT molecular complexity index is 311. The van der Waals surface area contributed by atoms with Crippen LogP contribution in [0.25, 0.3) is 0 Å². The van der Waals surface area contributed by atoms with Crippen molar-refractivity contribution < 1.29 is 28.7 Å². The molecule has 0 fully saturated rings. The van der Waals surface area contributed by atoms with Crippen LogP contribution in [0.1, 0.15) is 20.8 Å². The van der Waals surface area contributed by atoms with Crippen molar-refractivity contribution in [3.05, 3.63) is 0 Å². The van der Waals surface area contributed by atoms with Crippen molar-refractivity contribution >= 4 is 23.8 Å². The van der Waals surface area contributed by atoms with E-state index < -0.39 is 37.1 Å². The van der Waals surface area contributed by atoms with E-state index in [9.17, 15) is 19.2 Å². The molecule has 0 aliphatic rings. The van der Waals surface area contributed by atoms with Crippen LogP contribution < -0.4 is 0 Å². The Kier molecular flexibility index (Phi) is 5.76. The van der Waals surface area contributed by atoms with Gasteiger partial charge in [0.25, 0.3) is 5.91 Å². The first-order valence-corrected chi connectivity index (χ1v) is 4.42. The highest BCUT2D eigenvalue weighted by Crippen LogP contribution is 1.94. The maximum atomic E-state index is 11.3. The van der Waals surface area contributed by atoms with E-state index in [1.165, 1.54) is 0 Å². The number of imide groups is 1. The summed E-state index contributed by atoms with van der Waals surface area (Å²) in [5.74, 6) is -2.60. The quantitative estimate of drug-likeness (QED) is 0.476. The van der Waals surface area contributed by atoms with E-state index in [0.29, 0.717) is 4.90 Å². The van der Waals surface area contributed by atoms with Crippen molar-refractivity contribution in [1.82, 2.24) is 4.90 Å². The molecule has 0 unspecified atom stereocenters. The third kappa shape index (κ3) is 5.74. The predicted octanol–water partition coefficient (Wildman–Crippen LogP) is -0.555. The lowest BCUT2D eigenvalue weighted by molar-refractivity contribution is -0.162. The van der Waals surface area contributed by atoms with Crippen LogP contribution in [0.5, 0.6) is 0 Å². The highest BCUT2D eigenvalue weighted by Gasteiger charge is 2.19. The van der Waals surface area contributed by atoms with Crippen molar-refractivity contribution in [2.45, 2.75) is 20.8 Å². The highest BCUT2D eigenvalue weighted by molar-refractivity contribution is 5.95. The lowest BCUT2D eigenvalue weighted by Gasteiger charge is -2.17. The van der Waals surface area contributed by atoms with E-state index in [1.54, 1.807) is 0 Å². The average molecular weight is 231 g/mol. The van der Waals surface area contributed by atoms with Crippen LogP contribution >= 0.6 is 0 Å². The highest BCUT2D eigenvalue weighted by atomic mass is 16.6. The number of hydrogen-bond acceptors (Lipinski definition) is 6. The summed E-state index contributed by atoms with van der Waals surface area (Å²) in [5.41, 5.74) is 0. The molecule has 0 atom stereocenters. The maximum absolute atomic E-state index is 11.3. The minimum absolute atomic E-state index is 0.481. The van der Waals surface area contributed by atoms with Gasteiger partial charge in [0, 0.05) is 20.8 Å². The number of carbonyl (C=O) groups excluding carboxylic acids is 4. The first-order chi connectivity index (χ1) is 7.34. The van der Waals surface area contributed by atoms with Gasteiger partial charge in [-0.3, -0.25) is 19.2 Å². The molecule has 0 heterocycles. The van der Waals surface area contributed by atoms with E-state index in [-0.39, 0.29) is 0 Å². The van der Waals surface area contributed by atoms with Gasteiger partial charge in [0.1, 0.15) is 0 Å². The van der Waals surface area contributed by atoms with Crippen molar-refractivity contribution in [2.24, 2.45) is 0 Å². The first-order valence-electron chi connectivity index (χ1n) is 4.42. The van der Waals surface area contributed by atoms with Crippen LogP contribution in [0.2, 0.25) is 0 Å². The van der Waals surface area contributed by atoms with Gasteiger partial charge in [-0.1, -0.05) is 0 Å². The smallest absolute Gasteiger partial charge is 0.304 e.